The second-order valence-electron chi connectivity index (χ2n) is 6.63. The highest BCUT2D eigenvalue weighted by Crippen LogP contribution is 2.26. The van der Waals surface area contributed by atoms with Gasteiger partial charge in [-0.3, -0.25) is 0 Å². The van der Waals surface area contributed by atoms with Crippen LogP contribution in [0.15, 0.2) is 34.8 Å². The molecule has 3 aromatic rings. The Morgan fingerprint density at radius 2 is 2.07 bits per heavy atom. The maximum absolute atomic E-state index is 6.12. The Bertz CT molecular complexity index is 878. The quantitative estimate of drug-likeness (QED) is 0.433. The van der Waals surface area contributed by atoms with Crippen LogP contribution in [-0.4, -0.2) is 19.7 Å². The summed E-state index contributed by atoms with van der Waals surface area (Å²) in [6.45, 7) is 4.81. The third-order valence-corrected chi connectivity index (χ3v) is 6.33. The van der Waals surface area contributed by atoms with E-state index in [1.165, 1.54) is 11.4 Å². The van der Waals surface area contributed by atoms with Gasteiger partial charge in [0, 0.05) is 18.2 Å². The van der Waals surface area contributed by atoms with Crippen LogP contribution in [0.25, 0.3) is 0 Å². The first kappa shape index (κ1) is 20.2. The van der Waals surface area contributed by atoms with Crippen molar-refractivity contribution in [2.45, 2.75) is 44.2 Å². The van der Waals surface area contributed by atoms with Crippen LogP contribution in [0, 0.1) is 5.92 Å². The first-order valence-corrected chi connectivity index (χ1v) is 11.1. The molecule has 144 valence electrons. The summed E-state index contributed by atoms with van der Waals surface area (Å²) in [4.78, 5) is 4.72. The van der Waals surface area contributed by atoms with E-state index >= 15 is 0 Å². The molecule has 0 bridgehead atoms. The van der Waals surface area contributed by atoms with Crippen LogP contribution < -0.4 is 4.74 Å². The summed E-state index contributed by atoms with van der Waals surface area (Å²) in [7, 11) is 1.95. The van der Waals surface area contributed by atoms with Crippen molar-refractivity contribution in [3.63, 3.8) is 0 Å². The molecule has 0 atom stereocenters. The standard InChI is InChI=1S/C19H23ClN4OS2/c1-13(2)8-9-18-21-14(11-26-18)12-27-19-23-22-17(24(19)3)10-25-16-7-5-4-6-15(16)20/h4-7,11,13H,8-10,12H2,1-3H3. The maximum atomic E-state index is 6.12. The van der Waals surface area contributed by atoms with E-state index in [1.54, 1.807) is 29.2 Å². The van der Waals surface area contributed by atoms with Crippen LogP contribution in [0.1, 0.15) is 36.8 Å². The minimum absolute atomic E-state index is 0.323. The summed E-state index contributed by atoms with van der Waals surface area (Å²) in [5, 5.41) is 13.3. The predicted octanol–water partition coefficient (Wildman–Crippen LogP) is 5.38. The average molecular weight is 423 g/mol. The Balaban J connectivity index is 1.54. The number of nitrogens with zero attached hydrogens (tertiary/aromatic N) is 4. The zero-order chi connectivity index (χ0) is 19.2. The summed E-state index contributed by atoms with van der Waals surface area (Å²) >= 11 is 9.50. The Morgan fingerprint density at radius 1 is 1.26 bits per heavy atom. The number of thioether (sulfide) groups is 1. The molecule has 1 aromatic carbocycles. The third kappa shape index (κ3) is 5.70. The van der Waals surface area contributed by atoms with Gasteiger partial charge in [-0.1, -0.05) is 49.3 Å². The second-order valence-corrected chi connectivity index (χ2v) is 8.92. The van der Waals surface area contributed by atoms with E-state index in [4.69, 9.17) is 21.3 Å². The minimum Gasteiger partial charge on any atom is -0.484 e. The van der Waals surface area contributed by atoms with Crippen molar-refractivity contribution < 1.29 is 4.74 Å². The van der Waals surface area contributed by atoms with Gasteiger partial charge in [0.15, 0.2) is 11.0 Å². The molecule has 0 saturated carbocycles. The van der Waals surface area contributed by atoms with E-state index in [0.29, 0.717) is 23.3 Å². The molecule has 3 rings (SSSR count). The highest BCUT2D eigenvalue weighted by atomic mass is 35.5. The molecule has 0 aliphatic heterocycles. The highest BCUT2D eigenvalue weighted by molar-refractivity contribution is 7.98. The monoisotopic (exact) mass is 422 g/mol. The summed E-state index contributed by atoms with van der Waals surface area (Å²) in [5.74, 6) is 2.90. The lowest BCUT2D eigenvalue weighted by atomic mass is 10.1. The Kier molecular flexibility index (Phi) is 7.15. The van der Waals surface area contributed by atoms with E-state index < -0.39 is 0 Å². The molecule has 0 aliphatic carbocycles. The fraction of sp³-hybridized carbons (Fsp3) is 0.421. The highest BCUT2D eigenvalue weighted by Gasteiger charge is 2.12. The van der Waals surface area contributed by atoms with Gasteiger partial charge in [-0.2, -0.15) is 0 Å². The zero-order valence-electron chi connectivity index (χ0n) is 15.7. The van der Waals surface area contributed by atoms with Gasteiger partial charge >= 0.3 is 0 Å². The van der Waals surface area contributed by atoms with Gasteiger partial charge in [-0.05, 0) is 30.9 Å². The van der Waals surface area contributed by atoms with Gasteiger partial charge < -0.3 is 9.30 Å². The molecule has 8 heteroatoms. The number of benzene rings is 1. The molecule has 27 heavy (non-hydrogen) atoms. The van der Waals surface area contributed by atoms with Crippen molar-refractivity contribution in [2.75, 3.05) is 0 Å². The Hall–Kier alpha value is -1.57. The number of hydrogen-bond donors (Lipinski definition) is 0. The topological polar surface area (TPSA) is 52.8 Å². The SMILES string of the molecule is CC(C)CCc1nc(CSc2nnc(COc3ccccc3Cl)n2C)cs1. The van der Waals surface area contributed by atoms with Gasteiger partial charge in [-0.25, -0.2) is 4.98 Å². The van der Waals surface area contributed by atoms with Gasteiger partial charge in [0.1, 0.15) is 12.4 Å². The van der Waals surface area contributed by atoms with Gasteiger partial charge in [0.2, 0.25) is 0 Å². The molecule has 0 aliphatic rings. The molecule has 0 spiro atoms. The van der Waals surface area contributed by atoms with Crippen LogP contribution >= 0.6 is 34.7 Å². The van der Waals surface area contributed by atoms with E-state index in [2.05, 4.69) is 29.4 Å². The number of thiazole rings is 1. The normalized spacial score (nSPS) is 11.3. The molecular formula is C19H23ClN4OS2. The van der Waals surface area contributed by atoms with E-state index in [1.807, 2.05) is 29.8 Å². The number of hydrogen-bond acceptors (Lipinski definition) is 6. The van der Waals surface area contributed by atoms with Crippen molar-refractivity contribution >= 4 is 34.7 Å². The molecule has 0 fully saturated rings. The first-order chi connectivity index (χ1) is 13.0. The minimum atomic E-state index is 0.323. The maximum Gasteiger partial charge on any atom is 0.191 e. The van der Waals surface area contributed by atoms with Crippen LogP contribution in [0.5, 0.6) is 5.75 Å². The second kappa shape index (κ2) is 9.57. The molecule has 0 N–H and O–H groups in total. The largest absolute Gasteiger partial charge is 0.484 e. The third-order valence-electron chi connectivity index (χ3n) is 4.00. The zero-order valence-corrected chi connectivity index (χ0v) is 18.1. The van der Waals surface area contributed by atoms with Crippen LogP contribution in [-0.2, 0) is 25.8 Å². The molecule has 0 unspecified atom stereocenters. The number of aryl methyl sites for hydroxylation is 1. The van der Waals surface area contributed by atoms with Crippen molar-refractivity contribution in [3.05, 3.63) is 51.2 Å². The number of para-hydroxylation sites is 1. The van der Waals surface area contributed by atoms with Crippen molar-refractivity contribution in [1.29, 1.82) is 0 Å². The Morgan fingerprint density at radius 3 is 2.85 bits per heavy atom. The lowest BCUT2D eigenvalue weighted by Gasteiger charge is -2.07. The first-order valence-electron chi connectivity index (χ1n) is 8.84. The summed E-state index contributed by atoms with van der Waals surface area (Å²) in [6, 6.07) is 7.41. The van der Waals surface area contributed by atoms with E-state index in [0.717, 1.165) is 28.8 Å². The molecular weight excluding hydrogens is 400 g/mol. The lowest BCUT2D eigenvalue weighted by Crippen LogP contribution is -2.04. The van der Waals surface area contributed by atoms with E-state index in [-0.39, 0.29) is 0 Å². The van der Waals surface area contributed by atoms with Crippen LogP contribution in [0.4, 0.5) is 0 Å². The molecule has 5 nitrogen and oxygen atoms in total. The summed E-state index contributed by atoms with van der Waals surface area (Å²) in [5.41, 5.74) is 1.10. The van der Waals surface area contributed by atoms with Gasteiger partial charge in [0.05, 0.1) is 15.7 Å². The number of rotatable bonds is 9. The number of aromatic nitrogens is 4. The Labute approximate surface area is 173 Å². The molecule has 2 aromatic heterocycles. The summed E-state index contributed by atoms with van der Waals surface area (Å²) in [6.07, 6.45) is 2.23. The average Bonchev–Trinajstić information content (AvgIpc) is 3.24. The van der Waals surface area contributed by atoms with Gasteiger partial charge in [0.25, 0.3) is 0 Å². The number of halogens is 1. The predicted molar refractivity (Wildman–Crippen MR) is 112 cm³/mol. The molecule has 0 amide bonds. The smallest absolute Gasteiger partial charge is 0.191 e. The molecule has 0 radical (unpaired) electrons. The lowest BCUT2D eigenvalue weighted by molar-refractivity contribution is 0.290. The van der Waals surface area contributed by atoms with E-state index in [9.17, 15) is 0 Å². The van der Waals surface area contributed by atoms with Crippen molar-refractivity contribution in [1.82, 2.24) is 19.7 Å². The summed E-state index contributed by atoms with van der Waals surface area (Å²) < 4.78 is 7.71. The van der Waals surface area contributed by atoms with Crippen molar-refractivity contribution in [3.8, 4) is 5.75 Å². The number of ether oxygens (including phenoxy) is 1. The molecule has 0 saturated heterocycles. The van der Waals surface area contributed by atoms with Crippen LogP contribution in [0.3, 0.4) is 0 Å². The molecule has 2 heterocycles. The van der Waals surface area contributed by atoms with Crippen molar-refractivity contribution in [2.24, 2.45) is 13.0 Å². The fourth-order valence-corrected chi connectivity index (χ4v) is 4.31. The fourth-order valence-electron chi connectivity index (χ4n) is 2.38. The van der Waals surface area contributed by atoms with Gasteiger partial charge in [-0.15, -0.1) is 21.5 Å². The van der Waals surface area contributed by atoms with Crippen LogP contribution in [0.2, 0.25) is 5.02 Å².